The highest BCUT2D eigenvalue weighted by atomic mass is 35.5. The monoisotopic (exact) mass is 400 g/mol. The van der Waals surface area contributed by atoms with Crippen LogP contribution in [-0.4, -0.2) is 19.1 Å². The van der Waals surface area contributed by atoms with Crippen LogP contribution in [0.2, 0.25) is 5.02 Å². The van der Waals surface area contributed by atoms with Crippen molar-refractivity contribution < 1.29 is 19.1 Å². The Hall–Kier alpha value is -2.99. The molecule has 1 aliphatic heterocycles. The zero-order valence-electron chi connectivity index (χ0n) is 15.6. The van der Waals surface area contributed by atoms with Gasteiger partial charge in [0.05, 0.1) is 18.7 Å². The number of carbonyl (C=O) groups is 2. The number of carbonyl (C=O) groups excluding carboxylic acids is 2. The minimum absolute atomic E-state index is 0.307. The number of ether oxygens (including phenoxy) is 2. The van der Waals surface area contributed by atoms with Gasteiger partial charge in [-0.05, 0) is 30.2 Å². The number of esters is 1. The molecular weight excluding hydrogens is 380 g/mol. The SMILES string of the molecule is CCC1=C(C(=O)OC)C(c2cccc(OCc3ccccc3Cl)c2)NC(=O)N1. The summed E-state index contributed by atoms with van der Waals surface area (Å²) in [6.07, 6.45) is 0.497. The summed E-state index contributed by atoms with van der Waals surface area (Å²) in [5.74, 6) is 0.115. The Balaban J connectivity index is 1.88. The average molecular weight is 401 g/mol. The molecule has 2 amide bonds. The van der Waals surface area contributed by atoms with Crippen molar-refractivity contribution in [2.24, 2.45) is 0 Å². The molecule has 2 N–H and O–H groups in total. The molecule has 0 saturated carbocycles. The molecule has 0 radical (unpaired) electrons. The van der Waals surface area contributed by atoms with Gasteiger partial charge in [-0.25, -0.2) is 9.59 Å². The van der Waals surface area contributed by atoms with Crippen LogP contribution < -0.4 is 15.4 Å². The molecule has 0 fully saturated rings. The van der Waals surface area contributed by atoms with Crippen molar-refractivity contribution in [2.75, 3.05) is 7.11 Å². The van der Waals surface area contributed by atoms with Gasteiger partial charge in [0.15, 0.2) is 0 Å². The smallest absolute Gasteiger partial charge is 0.337 e. The van der Waals surface area contributed by atoms with Crippen LogP contribution in [0.1, 0.15) is 30.5 Å². The summed E-state index contributed by atoms with van der Waals surface area (Å²) >= 11 is 6.17. The van der Waals surface area contributed by atoms with Crippen molar-refractivity contribution in [3.05, 3.63) is 76.0 Å². The molecule has 2 aromatic carbocycles. The van der Waals surface area contributed by atoms with E-state index in [1.807, 2.05) is 43.3 Å². The number of benzene rings is 2. The van der Waals surface area contributed by atoms with E-state index in [1.54, 1.807) is 12.1 Å². The molecular formula is C21H21ClN2O4. The fourth-order valence-corrected chi connectivity index (χ4v) is 3.25. The molecule has 1 aliphatic rings. The van der Waals surface area contributed by atoms with Gasteiger partial charge in [-0.1, -0.05) is 48.9 Å². The van der Waals surface area contributed by atoms with Gasteiger partial charge in [0.1, 0.15) is 12.4 Å². The van der Waals surface area contributed by atoms with E-state index in [9.17, 15) is 9.59 Å². The molecule has 1 atom stereocenters. The normalized spacial score (nSPS) is 16.2. The van der Waals surface area contributed by atoms with Crippen molar-refractivity contribution in [1.82, 2.24) is 10.6 Å². The Bertz CT molecular complexity index is 926. The minimum atomic E-state index is -0.625. The van der Waals surface area contributed by atoms with E-state index < -0.39 is 12.0 Å². The molecule has 0 bridgehead atoms. The molecule has 146 valence electrons. The number of methoxy groups -OCH3 is 1. The van der Waals surface area contributed by atoms with E-state index in [0.29, 0.717) is 35.1 Å². The Kier molecular flexibility index (Phi) is 6.21. The van der Waals surface area contributed by atoms with Gasteiger partial charge in [-0.15, -0.1) is 0 Å². The van der Waals surface area contributed by atoms with Crippen molar-refractivity contribution in [3.63, 3.8) is 0 Å². The summed E-state index contributed by atoms with van der Waals surface area (Å²) in [5.41, 5.74) is 2.52. The molecule has 2 aromatic rings. The van der Waals surface area contributed by atoms with E-state index in [4.69, 9.17) is 21.1 Å². The number of nitrogens with one attached hydrogen (secondary N) is 2. The predicted molar refractivity (Wildman–Crippen MR) is 106 cm³/mol. The van der Waals surface area contributed by atoms with Crippen LogP contribution in [0.4, 0.5) is 4.79 Å². The second-order valence-corrected chi connectivity index (χ2v) is 6.63. The molecule has 0 saturated heterocycles. The minimum Gasteiger partial charge on any atom is -0.489 e. The van der Waals surface area contributed by atoms with E-state index in [-0.39, 0.29) is 6.03 Å². The Morgan fingerprint density at radius 1 is 1.18 bits per heavy atom. The number of urea groups is 1. The highest BCUT2D eigenvalue weighted by Gasteiger charge is 2.32. The van der Waals surface area contributed by atoms with Gasteiger partial charge in [0.25, 0.3) is 0 Å². The summed E-state index contributed by atoms with van der Waals surface area (Å²) in [7, 11) is 1.32. The van der Waals surface area contributed by atoms with Gasteiger partial charge >= 0.3 is 12.0 Å². The average Bonchev–Trinajstić information content (AvgIpc) is 2.72. The number of hydrogen-bond acceptors (Lipinski definition) is 4. The molecule has 28 heavy (non-hydrogen) atoms. The molecule has 7 heteroatoms. The number of halogens is 1. The standard InChI is InChI=1S/C21H21ClN2O4/c1-3-17-18(20(25)27-2)19(24-21(26)23-17)13-8-6-9-15(11-13)28-12-14-7-4-5-10-16(14)22/h4-11,19H,3,12H2,1-2H3,(H2,23,24,26). The van der Waals surface area contributed by atoms with Crippen LogP contribution in [0.15, 0.2) is 59.8 Å². The van der Waals surface area contributed by atoms with Gasteiger partial charge in [0.2, 0.25) is 0 Å². The van der Waals surface area contributed by atoms with Crippen LogP contribution in [0, 0.1) is 0 Å². The molecule has 1 unspecified atom stereocenters. The van der Waals surface area contributed by atoms with Crippen LogP contribution in [-0.2, 0) is 16.1 Å². The van der Waals surface area contributed by atoms with Crippen molar-refractivity contribution in [2.45, 2.75) is 26.0 Å². The summed E-state index contributed by atoms with van der Waals surface area (Å²) in [6, 6.07) is 13.7. The van der Waals surface area contributed by atoms with Crippen LogP contribution in [0.25, 0.3) is 0 Å². The van der Waals surface area contributed by atoms with E-state index in [0.717, 1.165) is 11.1 Å². The van der Waals surface area contributed by atoms with Gasteiger partial charge in [-0.2, -0.15) is 0 Å². The highest BCUT2D eigenvalue weighted by molar-refractivity contribution is 6.31. The van der Waals surface area contributed by atoms with Crippen LogP contribution >= 0.6 is 11.6 Å². The summed E-state index contributed by atoms with van der Waals surface area (Å²) < 4.78 is 10.8. The summed E-state index contributed by atoms with van der Waals surface area (Å²) in [5, 5.41) is 6.10. The van der Waals surface area contributed by atoms with E-state index >= 15 is 0 Å². The van der Waals surface area contributed by atoms with Crippen molar-refractivity contribution >= 4 is 23.6 Å². The summed E-state index contributed by atoms with van der Waals surface area (Å²) in [4.78, 5) is 24.4. The Labute approximate surface area is 168 Å². The summed E-state index contributed by atoms with van der Waals surface area (Å²) in [6.45, 7) is 2.17. The lowest BCUT2D eigenvalue weighted by molar-refractivity contribution is -0.136. The number of amides is 2. The number of hydrogen-bond donors (Lipinski definition) is 2. The Morgan fingerprint density at radius 2 is 1.96 bits per heavy atom. The lowest BCUT2D eigenvalue weighted by Crippen LogP contribution is -2.45. The molecule has 0 aromatic heterocycles. The predicted octanol–water partition coefficient (Wildman–Crippen LogP) is 4.11. The van der Waals surface area contributed by atoms with Gasteiger partial charge < -0.3 is 20.1 Å². The fraction of sp³-hybridized carbons (Fsp3) is 0.238. The van der Waals surface area contributed by atoms with Crippen LogP contribution in [0.5, 0.6) is 5.75 Å². The van der Waals surface area contributed by atoms with E-state index in [1.165, 1.54) is 7.11 Å². The largest absolute Gasteiger partial charge is 0.489 e. The molecule has 6 nitrogen and oxygen atoms in total. The zero-order valence-corrected chi connectivity index (χ0v) is 16.4. The first-order valence-corrected chi connectivity index (χ1v) is 9.26. The first kappa shape index (κ1) is 19.8. The molecule has 0 spiro atoms. The highest BCUT2D eigenvalue weighted by Crippen LogP contribution is 2.31. The number of allylic oxidation sites excluding steroid dienone is 1. The zero-order chi connectivity index (χ0) is 20.1. The molecule has 0 aliphatic carbocycles. The van der Waals surface area contributed by atoms with Crippen molar-refractivity contribution in [1.29, 1.82) is 0 Å². The third kappa shape index (κ3) is 4.28. The second-order valence-electron chi connectivity index (χ2n) is 6.22. The number of rotatable bonds is 6. The second kappa shape index (κ2) is 8.80. The maximum Gasteiger partial charge on any atom is 0.337 e. The maximum atomic E-state index is 12.3. The van der Waals surface area contributed by atoms with Gasteiger partial charge in [0, 0.05) is 16.3 Å². The maximum absolute atomic E-state index is 12.3. The fourth-order valence-electron chi connectivity index (χ4n) is 3.06. The Morgan fingerprint density at radius 3 is 2.68 bits per heavy atom. The third-order valence-corrected chi connectivity index (χ3v) is 4.82. The molecule has 3 rings (SSSR count). The first-order valence-electron chi connectivity index (χ1n) is 8.88. The lowest BCUT2D eigenvalue weighted by atomic mass is 9.94. The van der Waals surface area contributed by atoms with Crippen molar-refractivity contribution in [3.8, 4) is 5.75 Å². The quantitative estimate of drug-likeness (QED) is 0.715. The van der Waals surface area contributed by atoms with E-state index in [2.05, 4.69) is 10.6 Å². The third-order valence-electron chi connectivity index (χ3n) is 4.46. The topological polar surface area (TPSA) is 76.7 Å². The van der Waals surface area contributed by atoms with Gasteiger partial charge in [-0.3, -0.25) is 0 Å². The first-order chi connectivity index (χ1) is 13.5. The lowest BCUT2D eigenvalue weighted by Gasteiger charge is -2.29. The molecule has 1 heterocycles. The van der Waals surface area contributed by atoms with Crippen LogP contribution in [0.3, 0.4) is 0 Å².